The molecule has 3 rings (SSSR count). The van der Waals surface area contributed by atoms with Gasteiger partial charge >= 0.3 is 0 Å². The van der Waals surface area contributed by atoms with Crippen LogP contribution in [0.3, 0.4) is 0 Å². The van der Waals surface area contributed by atoms with Crippen molar-refractivity contribution in [2.45, 2.75) is 32.2 Å². The number of hydrogen-bond donors (Lipinski definition) is 0. The van der Waals surface area contributed by atoms with Crippen LogP contribution < -0.4 is 0 Å². The smallest absolute Gasteiger partial charge is 0.142 e. The summed E-state index contributed by atoms with van der Waals surface area (Å²) in [5.41, 5.74) is 0. The van der Waals surface area contributed by atoms with E-state index in [4.69, 9.17) is 14.2 Å². The zero-order valence-electron chi connectivity index (χ0n) is 10.2. The molecule has 0 amide bonds. The summed E-state index contributed by atoms with van der Waals surface area (Å²) in [6.45, 7) is 4.27. The number of hydrogen-bond acceptors (Lipinski definition) is 3. The lowest BCUT2D eigenvalue weighted by atomic mass is 9.81. The molecule has 3 aliphatic heterocycles. The van der Waals surface area contributed by atoms with Crippen molar-refractivity contribution >= 4 is 0 Å². The van der Waals surface area contributed by atoms with Crippen LogP contribution in [0.4, 0.5) is 0 Å². The van der Waals surface area contributed by atoms with Gasteiger partial charge in [-0.25, -0.2) is 0 Å². The van der Waals surface area contributed by atoms with Crippen molar-refractivity contribution in [3.8, 4) is 0 Å². The van der Waals surface area contributed by atoms with Crippen LogP contribution in [0.2, 0.25) is 0 Å². The average Bonchev–Trinajstić information content (AvgIpc) is 2.97. The van der Waals surface area contributed by atoms with Crippen LogP contribution in [0.1, 0.15) is 13.8 Å². The zero-order valence-corrected chi connectivity index (χ0v) is 10.2. The first-order valence-electron chi connectivity index (χ1n) is 6.24. The van der Waals surface area contributed by atoms with Crippen LogP contribution in [-0.4, -0.2) is 18.3 Å². The van der Waals surface area contributed by atoms with E-state index < -0.39 is 0 Å². The lowest BCUT2D eigenvalue weighted by molar-refractivity contribution is -0.0283. The summed E-state index contributed by atoms with van der Waals surface area (Å²) in [6.07, 6.45) is 12.2. The molecule has 0 bridgehead atoms. The predicted molar refractivity (Wildman–Crippen MR) is 63.9 cm³/mol. The maximum absolute atomic E-state index is 5.75. The molecule has 6 atom stereocenters. The Hall–Kier alpha value is -1.38. The van der Waals surface area contributed by atoms with E-state index in [9.17, 15) is 0 Å². The fourth-order valence-corrected chi connectivity index (χ4v) is 2.89. The summed E-state index contributed by atoms with van der Waals surface area (Å²) in [5.74, 6) is 1.13. The highest BCUT2D eigenvalue weighted by atomic mass is 16.5. The molecule has 0 spiro atoms. The molecule has 6 unspecified atom stereocenters. The highest BCUT2D eigenvalue weighted by molar-refractivity contribution is 5.12. The molecule has 0 radical (unpaired) electrons. The molecule has 0 fully saturated rings. The minimum absolute atomic E-state index is 0.0961. The van der Waals surface area contributed by atoms with Crippen LogP contribution in [0.25, 0.3) is 0 Å². The fourth-order valence-electron chi connectivity index (χ4n) is 2.89. The van der Waals surface area contributed by atoms with Crippen molar-refractivity contribution < 1.29 is 14.2 Å². The molecule has 3 aliphatic rings. The van der Waals surface area contributed by atoms with Gasteiger partial charge in [0.15, 0.2) is 0 Å². The maximum atomic E-state index is 5.75. The third-order valence-corrected chi connectivity index (χ3v) is 3.96. The minimum Gasteiger partial charge on any atom is -0.498 e. The second-order valence-electron chi connectivity index (χ2n) is 5.04. The molecule has 0 aromatic heterocycles. The van der Waals surface area contributed by atoms with E-state index in [2.05, 4.69) is 32.1 Å². The van der Waals surface area contributed by atoms with Crippen LogP contribution in [0.15, 0.2) is 37.0 Å². The molecule has 92 valence electrons. The Labute approximate surface area is 102 Å². The highest BCUT2D eigenvalue weighted by Crippen LogP contribution is 2.38. The quantitative estimate of drug-likeness (QED) is 0.735. The number of rotatable bonds is 2. The molecule has 3 nitrogen and oxygen atoms in total. The summed E-state index contributed by atoms with van der Waals surface area (Å²) < 4.78 is 16.9. The third-order valence-electron chi connectivity index (χ3n) is 3.96. The third kappa shape index (κ3) is 1.74. The molecule has 0 N–H and O–H groups in total. The van der Waals surface area contributed by atoms with Gasteiger partial charge in [-0.15, -0.1) is 0 Å². The van der Waals surface area contributed by atoms with Gasteiger partial charge in [-0.1, -0.05) is 6.92 Å². The summed E-state index contributed by atoms with van der Waals surface area (Å²) in [5, 5.41) is 0. The standard InChI is InChI=1S/C14H18O3/c1-9-3-6-16-13(9)14-12(5-8-17-14)11-4-7-15-10(11)2/h3-14H,1-2H3. The van der Waals surface area contributed by atoms with Gasteiger partial charge in [0.2, 0.25) is 0 Å². The molecule has 0 aromatic carbocycles. The van der Waals surface area contributed by atoms with Gasteiger partial charge in [-0.2, -0.15) is 0 Å². The van der Waals surface area contributed by atoms with Crippen molar-refractivity contribution in [2.24, 2.45) is 17.8 Å². The highest BCUT2D eigenvalue weighted by Gasteiger charge is 2.43. The molecular weight excluding hydrogens is 216 g/mol. The van der Waals surface area contributed by atoms with Gasteiger partial charge in [0.1, 0.15) is 18.3 Å². The van der Waals surface area contributed by atoms with E-state index in [-0.39, 0.29) is 18.3 Å². The lowest BCUT2D eigenvalue weighted by Gasteiger charge is -2.30. The van der Waals surface area contributed by atoms with E-state index in [0.29, 0.717) is 17.8 Å². The van der Waals surface area contributed by atoms with E-state index in [1.54, 1.807) is 12.5 Å². The van der Waals surface area contributed by atoms with E-state index in [1.165, 1.54) is 0 Å². The van der Waals surface area contributed by atoms with Gasteiger partial charge in [0, 0.05) is 17.8 Å². The van der Waals surface area contributed by atoms with Crippen molar-refractivity contribution in [1.29, 1.82) is 0 Å². The summed E-state index contributed by atoms with van der Waals surface area (Å²) in [6, 6.07) is 0. The van der Waals surface area contributed by atoms with Crippen molar-refractivity contribution in [2.75, 3.05) is 0 Å². The molecule has 0 saturated carbocycles. The summed E-state index contributed by atoms with van der Waals surface area (Å²) >= 11 is 0. The molecule has 0 aromatic rings. The Balaban J connectivity index is 1.75. The Morgan fingerprint density at radius 1 is 0.706 bits per heavy atom. The van der Waals surface area contributed by atoms with E-state index in [0.717, 1.165) is 0 Å². The molecule has 0 aliphatic carbocycles. The van der Waals surface area contributed by atoms with Crippen LogP contribution in [0.5, 0.6) is 0 Å². The Kier molecular flexibility index (Phi) is 2.61. The zero-order chi connectivity index (χ0) is 11.8. The molecule has 17 heavy (non-hydrogen) atoms. The van der Waals surface area contributed by atoms with Gasteiger partial charge in [0.05, 0.1) is 18.8 Å². The normalized spacial score (nSPS) is 46.9. The largest absolute Gasteiger partial charge is 0.498 e. The minimum atomic E-state index is 0.0961. The Morgan fingerprint density at radius 3 is 2.00 bits per heavy atom. The van der Waals surface area contributed by atoms with Crippen molar-refractivity contribution in [3.05, 3.63) is 37.0 Å². The average molecular weight is 234 g/mol. The van der Waals surface area contributed by atoms with Gasteiger partial charge in [-0.05, 0) is 25.2 Å². The second-order valence-corrected chi connectivity index (χ2v) is 5.04. The summed E-state index contributed by atoms with van der Waals surface area (Å²) in [7, 11) is 0. The first-order chi connectivity index (χ1) is 8.27. The van der Waals surface area contributed by atoms with E-state index in [1.807, 2.05) is 6.26 Å². The SMILES string of the molecule is CC1C=COC1C1OC=CC1C1C=COC1C. The fraction of sp³-hybridized carbons (Fsp3) is 0.571. The van der Waals surface area contributed by atoms with Crippen LogP contribution >= 0.6 is 0 Å². The van der Waals surface area contributed by atoms with Gasteiger partial charge in [-0.3, -0.25) is 0 Å². The second kappa shape index (κ2) is 4.13. The molecule has 3 heteroatoms. The lowest BCUT2D eigenvalue weighted by Crippen LogP contribution is -2.39. The van der Waals surface area contributed by atoms with E-state index >= 15 is 0 Å². The molecule has 0 saturated heterocycles. The van der Waals surface area contributed by atoms with Gasteiger partial charge in [0.25, 0.3) is 0 Å². The first kappa shape index (κ1) is 10.8. The molecule has 3 heterocycles. The maximum Gasteiger partial charge on any atom is 0.142 e. The number of ether oxygens (including phenoxy) is 3. The van der Waals surface area contributed by atoms with Crippen molar-refractivity contribution in [1.82, 2.24) is 0 Å². The Bertz CT molecular complexity index is 372. The predicted octanol–water partition coefficient (Wildman–Crippen LogP) is 2.61. The molecular formula is C14H18O3. The van der Waals surface area contributed by atoms with Crippen LogP contribution in [0, 0.1) is 17.8 Å². The first-order valence-corrected chi connectivity index (χ1v) is 6.24. The topological polar surface area (TPSA) is 27.7 Å². The Morgan fingerprint density at radius 2 is 1.35 bits per heavy atom. The monoisotopic (exact) mass is 234 g/mol. The van der Waals surface area contributed by atoms with Crippen molar-refractivity contribution in [3.63, 3.8) is 0 Å². The van der Waals surface area contributed by atoms with Crippen LogP contribution in [-0.2, 0) is 14.2 Å². The summed E-state index contributed by atoms with van der Waals surface area (Å²) in [4.78, 5) is 0. The van der Waals surface area contributed by atoms with Gasteiger partial charge < -0.3 is 14.2 Å².